The van der Waals surface area contributed by atoms with Crippen molar-refractivity contribution in [2.45, 2.75) is 44.7 Å². The first kappa shape index (κ1) is 21.9. The van der Waals surface area contributed by atoms with Crippen LogP contribution in [0.3, 0.4) is 0 Å². The topological polar surface area (TPSA) is 70.1 Å². The molecule has 1 atom stereocenters. The molecule has 2 aromatic rings. The molecule has 1 aliphatic carbocycles. The molecule has 1 amide bonds. The Kier molecular flexibility index (Phi) is 6.21. The molecule has 6 nitrogen and oxygen atoms in total. The Balaban J connectivity index is 1.84. The molecule has 2 aliphatic rings. The normalized spacial score (nSPS) is 20.7. The fourth-order valence-corrected chi connectivity index (χ4v) is 4.75. The first-order chi connectivity index (χ1) is 15.4. The molecule has 2 aromatic carbocycles. The number of Topliss-reactive ketones (excluding diaryl/α,β-unsaturated/α-hetero) is 1. The number of hydrogen-bond donors (Lipinski definition) is 1. The Labute approximate surface area is 189 Å². The highest BCUT2D eigenvalue weighted by molar-refractivity contribution is 6.46. The highest BCUT2D eigenvalue weighted by Crippen LogP contribution is 2.43. The molecule has 1 heterocycles. The van der Waals surface area contributed by atoms with Crippen molar-refractivity contribution in [3.8, 4) is 5.75 Å². The van der Waals surface area contributed by atoms with Crippen LogP contribution in [-0.2, 0) is 9.59 Å². The first-order valence-electron chi connectivity index (χ1n) is 11.2. The Bertz CT molecular complexity index is 1040. The summed E-state index contributed by atoms with van der Waals surface area (Å²) >= 11 is 0. The highest BCUT2D eigenvalue weighted by atomic mass is 16.5. The molecule has 1 saturated carbocycles. The van der Waals surface area contributed by atoms with Gasteiger partial charge < -0.3 is 19.6 Å². The molecule has 32 heavy (non-hydrogen) atoms. The van der Waals surface area contributed by atoms with Gasteiger partial charge in [0.05, 0.1) is 18.2 Å². The van der Waals surface area contributed by atoms with E-state index in [-0.39, 0.29) is 17.4 Å². The monoisotopic (exact) mass is 434 g/mol. The Hall–Kier alpha value is -3.28. The number of aliphatic hydroxyl groups excluding tert-OH is 1. The van der Waals surface area contributed by atoms with Crippen LogP contribution in [0.4, 0.5) is 5.69 Å². The van der Waals surface area contributed by atoms with Crippen molar-refractivity contribution < 1.29 is 19.4 Å². The zero-order valence-corrected chi connectivity index (χ0v) is 18.9. The summed E-state index contributed by atoms with van der Waals surface area (Å²) in [6.07, 6.45) is 3.82. The predicted molar refractivity (Wildman–Crippen MR) is 125 cm³/mol. The maximum absolute atomic E-state index is 13.2. The smallest absolute Gasteiger partial charge is 0.295 e. The lowest BCUT2D eigenvalue weighted by Gasteiger charge is -2.31. The number of amides is 1. The van der Waals surface area contributed by atoms with Gasteiger partial charge in [0.1, 0.15) is 11.5 Å². The number of aliphatic hydroxyl groups is 1. The number of carbonyl (C=O) groups excluding carboxylic acids is 2. The quantitative estimate of drug-likeness (QED) is 0.411. The van der Waals surface area contributed by atoms with E-state index in [4.69, 9.17) is 4.74 Å². The molecule has 6 heteroatoms. The third kappa shape index (κ3) is 3.97. The van der Waals surface area contributed by atoms with Crippen LogP contribution in [-0.4, -0.2) is 48.4 Å². The van der Waals surface area contributed by atoms with E-state index in [1.54, 1.807) is 29.2 Å². The van der Waals surface area contributed by atoms with Gasteiger partial charge in [0.25, 0.3) is 11.7 Å². The number of ether oxygens (including phenoxy) is 1. The average Bonchev–Trinajstić information content (AvgIpc) is 3.41. The second-order valence-electron chi connectivity index (χ2n) is 8.59. The largest absolute Gasteiger partial charge is 0.507 e. The minimum atomic E-state index is -0.627. The van der Waals surface area contributed by atoms with Crippen LogP contribution < -0.4 is 9.64 Å². The van der Waals surface area contributed by atoms with Crippen LogP contribution in [0.25, 0.3) is 5.76 Å². The molecule has 0 aromatic heterocycles. The van der Waals surface area contributed by atoms with Gasteiger partial charge in [0, 0.05) is 31.4 Å². The van der Waals surface area contributed by atoms with Crippen molar-refractivity contribution in [3.63, 3.8) is 0 Å². The van der Waals surface area contributed by atoms with Gasteiger partial charge in [0.15, 0.2) is 0 Å². The summed E-state index contributed by atoms with van der Waals surface area (Å²) in [6.45, 7) is 2.38. The minimum absolute atomic E-state index is 0.00466. The van der Waals surface area contributed by atoms with Crippen LogP contribution in [0.1, 0.15) is 49.8 Å². The summed E-state index contributed by atoms with van der Waals surface area (Å²) in [6, 6.07) is 14.2. The van der Waals surface area contributed by atoms with Gasteiger partial charge in [-0.2, -0.15) is 0 Å². The third-order valence-corrected chi connectivity index (χ3v) is 6.34. The van der Waals surface area contributed by atoms with Gasteiger partial charge in [-0.3, -0.25) is 9.59 Å². The Morgan fingerprint density at radius 1 is 1.09 bits per heavy atom. The number of likely N-dealkylation sites (tertiary alicyclic amines) is 1. The molecule has 0 radical (unpaired) electrons. The van der Waals surface area contributed by atoms with E-state index >= 15 is 0 Å². The van der Waals surface area contributed by atoms with E-state index in [0.29, 0.717) is 17.9 Å². The predicted octanol–water partition coefficient (Wildman–Crippen LogP) is 4.52. The Morgan fingerprint density at radius 3 is 2.41 bits per heavy atom. The van der Waals surface area contributed by atoms with Crippen molar-refractivity contribution >= 4 is 23.1 Å². The summed E-state index contributed by atoms with van der Waals surface area (Å²) in [7, 11) is 3.93. The van der Waals surface area contributed by atoms with Crippen molar-refractivity contribution in [2.75, 3.05) is 25.6 Å². The summed E-state index contributed by atoms with van der Waals surface area (Å²) in [5, 5.41) is 11.3. The highest BCUT2D eigenvalue weighted by Gasteiger charge is 2.49. The fraction of sp³-hybridized carbons (Fsp3) is 0.385. The van der Waals surface area contributed by atoms with E-state index in [9.17, 15) is 14.7 Å². The molecule has 4 rings (SSSR count). The fourth-order valence-electron chi connectivity index (χ4n) is 4.75. The number of nitrogens with zero attached hydrogens (tertiary/aromatic N) is 2. The van der Waals surface area contributed by atoms with E-state index in [1.807, 2.05) is 50.2 Å². The summed E-state index contributed by atoms with van der Waals surface area (Å²) in [4.78, 5) is 30.1. The third-order valence-electron chi connectivity index (χ3n) is 6.34. The molecule has 1 aliphatic heterocycles. The first-order valence-corrected chi connectivity index (χ1v) is 11.2. The lowest BCUT2D eigenvalue weighted by atomic mass is 9.94. The molecule has 1 unspecified atom stereocenters. The van der Waals surface area contributed by atoms with Gasteiger partial charge in [-0.15, -0.1) is 0 Å². The molecular formula is C26H30N2O4. The molecule has 2 fully saturated rings. The van der Waals surface area contributed by atoms with Crippen LogP contribution in [0, 0.1) is 0 Å². The van der Waals surface area contributed by atoms with Crippen molar-refractivity contribution in [1.82, 2.24) is 4.90 Å². The molecular weight excluding hydrogens is 404 g/mol. The number of anilines is 1. The number of ketones is 1. The van der Waals surface area contributed by atoms with E-state index < -0.39 is 17.7 Å². The summed E-state index contributed by atoms with van der Waals surface area (Å²) in [5.74, 6) is -0.709. The zero-order valence-electron chi connectivity index (χ0n) is 18.9. The van der Waals surface area contributed by atoms with Crippen molar-refractivity contribution in [3.05, 3.63) is 65.2 Å². The second kappa shape index (κ2) is 9.07. The van der Waals surface area contributed by atoms with E-state index in [1.165, 1.54) is 0 Å². The van der Waals surface area contributed by atoms with Gasteiger partial charge in [-0.25, -0.2) is 0 Å². The van der Waals surface area contributed by atoms with E-state index in [2.05, 4.69) is 0 Å². The summed E-state index contributed by atoms with van der Waals surface area (Å²) in [5.41, 5.74) is 2.46. The zero-order chi connectivity index (χ0) is 22.8. The number of hydrogen-bond acceptors (Lipinski definition) is 5. The summed E-state index contributed by atoms with van der Waals surface area (Å²) < 4.78 is 5.56. The number of benzene rings is 2. The Morgan fingerprint density at radius 2 is 1.78 bits per heavy atom. The second-order valence-corrected chi connectivity index (χ2v) is 8.59. The maximum Gasteiger partial charge on any atom is 0.295 e. The standard InChI is InChI=1S/C26H30N2O4/c1-4-32-21-11-7-8-18(16-21)24(29)22-23(17-12-14-19(15-13-17)27(2)3)28(26(31)25(22)30)20-9-5-6-10-20/h7-8,11-16,20,23,29H,4-6,9-10H2,1-3H3/b24-22-. The molecule has 1 N–H and O–H groups in total. The van der Waals surface area contributed by atoms with Crippen LogP contribution in [0.15, 0.2) is 54.1 Å². The molecule has 168 valence electrons. The molecule has 0 bridgehead atoms. The van der Waals surface area contributed by atoms with Crippen LogP contribution >= 0.6 is 0 Å². The average molecular weight is 435 g/mol. The maximum atomic E-state index is 13.2. The van der Waals surface area contributed by atoms with Crippen molar-refractivity contribution in [1.29, 1.82) is 0 Å². The van der Waals surface area contributed by atoms with Gasteiger partial charge >= 0.3 is 0 Å². The minimum Gasteiger partial charge on any atom is -0.507 e. The van der Waals surface area contributed by atoms with Gasteiger partial charge in [-0.1, -0.05) is 37.1 Å². The SMILES string of the molecule is CCOc1cccc(/C(O)=C2/C(=O)C(=O)N(C3CCCC3)C2c2ccc(N(C)C)cc2)c1. The van der Waals surface area contributed by atoms with Gasteiger partial charge in [0.2, 0.25) is 0 Å². The van der Waals surface area contributed by atoms with Crippen molar-refractivity contribution in [2.24, 2.45) is 0 Å². The molecule has 0 spiro atoms. The lowest BCUT2D eigenvalue weighted by molar-refractivity contribution is -0.141. The van der Waals surface area contributed by atoms with E-state index in [0.717, 1.165) is 36.9 Å². The molecule has 1 saturated heterocycles. The lowest BCUT2D eigenvalue weighted by Crippen LogP contribution is -2.37. The van der Waals surface area contributed by atoms with Gasteiger partial charge in [-0.05, 0) is 49.6 Å². The number of rotatable bonds is 6. The number of carbonyl (C=O) groups is 2. The van der Waals surface area contributed by atoms with Crippen LogP contribution in [0.2, 0.25) is 0 Å². The van der Waals surface area contributed by atoms with Crippen LogP contribution in [0.5, 0.6) is 5.75 Å².